The van der Waals surface area contributed by atoms with Crippen LogP contribution in [0.5, 0.6) is 0 Å². The molecule has 3 heteroatoms. The largest absolute Gasteiger partial charge is 0.355 e. The summed E-state index contributed by atoms with van der Waals surface area (Å²) in [6.45, 7) is 11.6. The van der Waals surface area contributed by atoms with Crippen molar-refractivity contribution >= 4 is 5.91 Å². The lowest BCUT2D eigenvalue weighted by atomic mass is 9.70. The second kappa shape index (κ2) is 7.13. The van der Waals surface area contributed by atoms with Gasteiger partial charge in [0.25, 0.3) is 0 Å². The third-order valence-corrected chi connectivity index (χ3v) is 4.17. The van der Waals surface area contributed by atoms with Gasteiger partial charge in [-0.2, -0.15) is 0 Å². The van der Waals surface area contributed by atoms with E-state index in [4.69, 9.17) is 0 Å². The zero-order valence-corrected chi connectivity index (χ0v) is 12.5. The molecule has 0 radical (unpaired) electrons. The first kappa shape index (κ1) is 15.5. The van der Waals surface area contributed by atoms with E-state index in [0.717, 1.165) is 38.4 Å². The predicted octanol–water partition coefficient (Wildman–Crippen LogP) is 2.56. The number of carbonyl (C=O) groups excluding carboxylic acids is 1. The van der Waals surface area contributed by atoms with Gasteiger partial charge in [0.2, 0.25) is 5.91 Å². The van der Waals surface area contributed by atoms with Gasteiger partial charge < -0.3 is 10.6 Å². The number of hydrogen-bond acceptors (Lipinski definition) is 2. The lowest BCUT2D eigenvalue weighted by molar-refractivity contribution is -0.126. The molecule has 1 amide bonds. The van der Waals surface area contributed by atoms with Gasteiger partial charge in [-0.3, -0.25) is 4.79 Å². The lowest BCUT2D eigenvalue weighted by Gasteiger charge is -2.36. The Hall–Kier alpha value is -0.570. The molecule has 1 rings (SSSR count). The van der Waals surface area contributed by atoms with Crippen molar-refractivity contribution in [3.63, 3.8) is 0 Å². The van der Waals surface area contributed by atoms with E-state index in [1.165, 1.54) is 12.8 Å². The van der Waals surface area contributed by atoms with E-state index < -0.39 is 0 Å². The second-order valence-corrected chi connectivity index (χ2v) is 6.56. The number of likely N-dealkylation sites (N-methyl/N-ethyl adjacent to an activating group) is 1. The van der Waals surface area contributed by atoms with Crippen molar-refractivity contribution in [2.75, 3.05) is 19.6 Å². The van der Waals surface area contributed by atoms with Crippen molar-refractivity contribution in [2.45, 2.75) is 53.4 Å². The summed E-state index contributed by atoms with van der Waals surface area (Å²) in [7, 11) is 0. The van der Waals surface area contributed by atoms with Crippen molar-refractivity contribution in [3.05, 3.63) is 0 Å². The van der Waals surface area contributed by atoms with Gasteiger partial charge in [0.05, 0.1) is 0 Å². The molecule has 1 saturated carbocycles. The maximum absolute atomic E-state index is 12.0. The minimum Gasteiger partial charge on any atom is -0.355 e. The molecule has 0 aromatic rings. The predicted molar refractivity (Wildman–Crippen MR) is 76.5 cm³/mol. The van der Waals surface area contributed by atoms with Crippen LogP contribution in [0, 0.1) is 17.3 Å². The molecule has 1 fully saturated rings. The van der Waals surface area contributed by atoms with Gasteiger partial charge in [0, 0.05) is 19.0 Å². The first-order valence-electron chi connectivity index (χ1n) is 7.43. The van der Waals surface area contributed by atoms with Crippen LogP contribution in [0.15, 0.2) is 0 Å². The smallest absolute Gasteiger partial charge is 0.223 e. The van der Waals surface area contributed by atoms with E-state index in [2.05, 4.69) is 38.3 Å². The van der Waals surface area contributed by atoms with Crippen molar-refractivity contribution in [3.8, 4) is 0 Å². The molecule has 3 nitrogen and oxygen atoms in total. The van der Waals surface area contributed by atoms with E-state index in [9.17, 15) is 4.79 Å². The van der Waals surface area contributed by atoms with E-state index in [-0.39, 0.29) is 11.8 Å². The van der Waals surface area contributed by atoms with Crippen LogP contribution in [0.1, 0.15) is 53.4 Å². The molecule has 0 atom stereocenters. The maximum Gasteiger partial charge on any atom is 0.223 e. The molecular weight excluding hydrogens is 224 g/mol. The van der Waals surface area contributed by atoms with Crippen LogP contribution in [0.25, 0.3) is 0 Å². The molecule has 0 bridgehead atoms. The minimum absolute atomic E-state index is 0.255. The molecule has 106 valence electrons. The van der Waals surface area contributed by atoms with E-state index in [0.29, 0.717) is 5.41 Å². The Bertz CT molecular complexity index is 250. The number of nitrogens with one attached hydrogen (secondary N) is 2. The topological polar surface area (TPSA) is 41.1 Å². The van der Waals surface area contributed by atoms with Crippen LogP contribution >= 0.6 is 0 Å². The summed E-state index contributed by atoms with van der Waals surface area (Å²) >= 11 is 0. The fourth-order valence-corrected chi connectivity index (χ4v) is 2.82. The van der Waals surface area contributed by atoms with Crippen LogP contribution < -0.4 is 10.6 Å². The normalized spacial score (nSPS) is 24.9. The molecule has 0 aliphatic heterocycles. The Morgan fingerprint density at radius 2 is 1.72 bits per heavy atom. The van der Waals surface area contributed by atoms with Gasteiger partial charge in [-0.25, -0.2) is 0 Å². The van der Waals surface area contributed by atoms with Crippen LogP contribution in [0.4, 0.5) is 0 Å². The molecule has 0 saturated heterocycles. The van der Waals surface area contributed by atoms with Crippen LogP contribution in [0.3, 0.4) is 0 Å². The lowest BCUT2D eigenvalue weighted by Crippen LogP contribution is -2.38. The summed E-state index contributed by atoms with van der Waals surface area (Å²) in [5.74, 6) is 1.30. The minimum atomic E-state index is 0.255. The van der Waals surface area contributed by atoms with Gasteiger partial charge in [-0.05, 0) is 43.6 Å². The van der Waals surface area contributed by atoms with Crippen molar-refractivity contribution in [2.24, 2.45) is 17.3 Å². The average molecular weight is 254 g/mol. The Morgan fingerprint density at radius 3 is 2.22 bits per heavy atom. The highest BCUT2D eigenvalue weighted by atomic mass is 16.1. The van der Waals surface area contributed by atoms with Crippen molar-refractivity contribution in [1.82, 2.24) is 10.6 Å². The molecule has 0 aromatic carbocycles. The fraction of sp³-hybridized carbons (Fsp3) is 0.933. The highest BCUT2D eigenvalue weighted by Gasteiger charge is 2.32. The van der Waals surface area contributed by atoms with Gasteiger partial charge in [0.15, 0.2) is 0 Å². The van der Waals surface area contributed by atoms with Gasteiger partial charge in [0.1, 0.15) is 0 Å². The summed E-state index contributed by atoms with van der Waals surface area (Å²) in [6.07, 6.45) is 4.54. The van der Waals surface area contributed by atoms with Gasteiger partial charge in [-0.1, -0.05) is 27.7 Å². The number of rotatable bonds is 5. The standard InChI is InChI=1S/C15H30N2O/c1-5-16-10-11-17-14(18)12-6-8-13(9-7-12)15(2,3)4/h12-13,16H,5-11H2,1-4H3,(H,17,18). The third-order valence-electron chi connectivity index (χ3n) is 4.17. The number of amides is 1. The fourth-order valence-electron chi connectivity index (χ4n) is 2.82. The van der Waals surface area contributed by atoms with E-state index >= 15 is 0 Å². The van der Waals surface area contributed by atoms with Crippen LogP contribution in [-0.2, 0) is 4.79 Å². The van der Waals surface area contributed by atoms with Gasteiger partial charge >= 0.3 is 0 Å². The molecular formula is C15H30N2O. The third kappa shape index (κ3) is 4.97. The average Bonchev–Trinajstić information content (AvgIpc) is 2.33. The molecule has 18 heavy (non-hydrogen) atoms. The molecule has 0 unspecified atom stereocenters. The Balaban J connectivity index is 2.23. The Labute approximate surface area is 112 Å². The molecule has 1 aliphatic rings. The molecule has 0 spiro atoms. The molecule has 1 aliphatic carbocycles. The summed E-state index contributed by atoms with van der Waals surface area (Å²) in [5.41, 5.74) is 0.395. The Kier molecular flexibility index (Phi) is 6.13. The number of carbonyl (C=O) groups is 1. The second-order valence-electron chi connectivity index (χ2n) is 6.56. The molecule has 0 heterocycles. The summed E-state index contributed by atoms with van der Waals surface area (Å²) in [6, 6.07) is 0. The highest BCUT2D eigenvalue weighted by Crippen LogP contribution is 2.39. The highest BCUT2D eigenvalue weighted by molar-refractivity contribution is 5.78. The van der Waals surface area contributed by atoms with Crippen molar-refractivity contribution < 1.29 is 4.79 Å². The quantitative estimate of drug-likeness (QED) is 0.740. The zero-order valence-electron chi connectivity index (χ0n) is 12.5. The summed E-state index contributed by atoms with van der Waals surface area (Å²) in [5, 5.41) is 6.26. The first-order valence-corrected chi connectivity index (χ1v) is 7.43. The van der Waals surface area contributed by atoms with Crippen LogP contribution in [0.2, 0.25) is 0 Å². The van der Waals surface area contributed by atoms with Crippen LogP contribution in [-0.4, -0.2) is 25.5 Å². The SMILES string of the molecule is CCNCCNC(=O)C1CCC(C(C)(C)C)CC1. The molecule has 2 N–H and O–H groups in total. The first-order chi connectivity index (χ1) is 8.45. The van der Waals surface area contributed by atoms with E-state index in [1.807, 2.05) is 0 Å². The summed E-state index contributed by atoms with van der Waals surface area (Å²) < 4.78 is 0. The summed E-state index contributed by atoms with van der Waals surface area (Å²) in [4.78, 5) is 12.0. The number of hydrogen-bond donors (Lipinski definition) is 2. The van der Waals surface area contributed by atoms with Crippen molar-refractivity contribution in [1.29, 1.82) is 0 Å². The van der Waals surface area contributed by atoms with Gasteiger partial charge in [-0.15, -0.1) is 0 Å². The Morgan fingerprint density at radius 1 is 1.11 bits per heavy atom. The monoisotopic (exact) mass is 254 g/mol. The van der Waals surface area contributed by atoms with E-state index in [1.54, 1.807) is 0 Å². The maximum atomic E-state index is 12.0. The zero-order chi connectivity index (χ0) is 13.6. The molecule has 0 aromatic heterocycles.